The first kappa shape index (κ1) is 12.7. The molecule has 3 rings (SSSR count). The van der Waals surface area contributed by atoms with Crippen LogP contribution in [0.15, 0.2) is 22.7 Å². The monoisotopic (exact) mass is 320 g/mol. The summed E-state index contributed by atoms with van der Waals surface area (Å²) >= 11 is 3.58. The lowest BCUT2D eigenvalue weighted by molar-refractivity contribution is 0.510. The molecule has 0 unspecified atom stereocenters. The van der Waals surface area contributed by atoms with E-state index < -0.39 is 0 Å². The van der Waals surface area contributed by atoms with E-state index in [9.17, 15) is 0 Å². The Morgan fingerprint density at radius 3 is 3.05 bits per heavy atom. The molecule has 0 spiro atoms. The Morgan fingerprint density at radius 1 is 1.32 bits per heavy atom. The van der Waals surface area contributed by atoms with Crippen molar-refractivity contribution in [3.8, 4) is 0 Å². The van der Waals surface area contributed by atoms with Crippen molar-refractivity contribution in [1.82, 2.24) is 14.8 Å². The second-order valence-corrected chi connectivity index (χ2v) is 5.83. The number of benzene rings is 1. The fourth-order valence-corrected chi connectivity index (χ4v) is 3.07. The fourth-order valence-electron chi connectivity index (χ4n) is 2.44. The molecule has 0 atom stereocenters. The molecule has 1 N–H and O–H groups in total. The van der Waals surface area contributed by atoms with Crippen molar-refractivity contribution >= 4 is 21.6 Å². The summed E-state index contributed by atoms with van der Waals surface area (Å²) in [5, 5.41) is 12.0. The minimum atomic E-state index is 0.717. The maximum absolute atomic E-state index is 4.30. The van der Waals surface area contributed by atoms with Crippen molar-refractivity contribution in [3.05, 3.63) is 39.9 Å². The Morgan fingerprint density at radius 2 is 2.21 bits per heavy atom. The number of anilines is 1. The van der Waals surface area contributed by atoms with Crippen LogP contribution in [0.25, 0.3) is 0 Å². The molecule has 0 fully saturated rings. The van der Waals surface area contributed by atoms with E-state index in [1.54, 1.807) is 0 Å². The van der Waals surface area contributed by atoms with Gasteiger partial charge in [0.25, 0.3) is 0 Å². The maximum Gasteiger partial charge on any atom is 0.152 e. The van der Waals surface area contributed by atoms with Gasteiger partial charge in [0.1, 0.15) is 5.82 Å². The molecule has 0 saturated heterocycles. The number of hydrogen-bond donors (Lipinski definition) is 1. The van der Waals surface area contributed by atoms with Gasteiger partial charge in [0.05, 0.1) is 6.54 Å². The number of nitrogens with zero attached hydrogens (tertiary/aromatic N) is 3. The third-order valence-corrected chi connectivity index (χ3v) is 4.15. The molecule has 100 valence electrons. The maximum atomic E-state index is 4.30. The Labute approximate surface area is 121 Å². The first-order valence-corrected chi connectivity index (χ1v) is 7.44. The Hall–Kier alpha value is -1.36. The summed E-state index contributed by atoms with van der Waals surface area (Å²) in [5.74, 6) is 2.16. The van der Waals surface area contributed by atoms with Gasteiger partial charge in [-0.1, -0.05) is 6.07 Å². The van der Waals surface area contributed by atoms with Crippen LogP contribution in [0.5, 0.6) is 0 Å². The van der Waals surface area contributed by atoms with Crippen molar-refractivity contribution in [2.24, 2.45) is 0 Å². The summed E-state index contributed by atoms with van der Waals surface area (Å²) in [6.07, 6.45) is 3.52. The lowest BCUT2D eigenvalue weighted by Gasteiger charge is -2.15. The molecular weight excluding hydrogens is 304 g/mol. The van der Waals surface area contributed by atoms with Crippen molar-refractivity contribution in [3.63, 3.8) is 0 Å². The third kappa shape index (κ3) is 2.66. The van der Waals surface area contributed by atoms with E-state index in [4.69, 9.17) is 0 Å². The molecule has 1 aliphatic heterocycles. The minimum Gasteiger partial charge on any atom is -0.377 e. The van der Waals surface area contributed by atoms with E-state index in [1.807, 2.05) is 0 Å². The number of rotatable bonds is 3. The highest BCUT2D eigenvalue weighted by molar-refractivity contribution is 9.10. The number of fused-ring (bicyclic) bond motifs is 1. The Kier molecular flexibility index (Phi) is 3.55. The molecule has 0 amide bonds. The number of halogens is 1. The van der Waals surface area contributed by atoms with Gasteiger partial charge < -0.3 is 9.88 Å². The molecular formula is C14H17BrN4. The van der Waals surface area contributed by atoms with Gasteiger partial charge in [-0.05, 0) is 53.4 Å². The largest absolute Gasteiger partial charge is 0.377 e. The molecule has 0 radical (unpaired) electrons. The smallest absolute Gasteiger partial charge is 0.152 e. The summed E-state index contributed by atoms with van der Waals surface area (Å²) in [5.41, 5.74) is 2.34. The predicted octanol–water partition coefficient (Wildman–Crippen LogP) is 3.30. The zero-order valence-corrected chi connectivity index (χ0v) is 12.6. The lowest BCUT2D eigenvalue weighted by atomic mass is 10.1. The average molecular weight is 321 g/mol. The molecule has 1 aromatic carbocycles. The van der Waals surface area contributed by atoms with E-state index in [-0.39, 0.29) is 0 Å². The lowest BCUT2D eigenvalue weighted by Crippen LogP contribution is -2.15. The van der Waals surface area contributed by atoms with Gasteiger partial charge in [-0.25, -0.2) is 0 Å². The van der Waals surface area contributed by atoms with Crippen LogP contribution in [-0.4, -0.2) is 14.8 Å². The second kappa shape index (κ2) is 5.33. The van der Waals surface area contributed by atoms with Crippen molar-refractivity contribution in [2.75, 3.05) is 5.32 Å². The van der Waals surface area contributed by atoms with Gasteiger partial charge in [-0.2, -0.15) is 0 Å². The summed E-state index contributed by atoms with van der Waals surface area (Å²) in [6, 6.07) is 6.31. The van der Waals surface area contributed by atoms with Gasteiger partial charge in [-0.3, -0.25) is 0 Å². The topological polar surface area (TPSA) is 42.7 Å². The standard InChI is InChI=1S/C14H17BrN4/c1-10-5-6-12(11(15)8-10)16-9-14-18-17-13-4-2-3-7-19(13)14/h5-6,8,16H,2-4,7,9H2,1H3. The minimum absolute atomic E-state index is 0.717. The zero-order valence-electron chi connectivity index (χ0n) is 11.0. The van der Waals surface area contributed by atoms with Gasteiger partial charge >= 0.3 is 0 Å². The number of aromatic nitrogens is 3. The molecule has 4 nitrogen and oxygen atoms in total. The summed E-state index contributed by atoms with van der Waals surface area (Å²) in [4.78, 5) is 0. The second-order valence-electron chi connectivity index (χ2n) is 4.98. The SMILES string of the molecule is Cc1ccc(NCc2nnc3n2CCCC3)c(Br)c1. The van der Waals surface area contributed by atoms with Gasteiger partial charge in [0.15, 0.2) is 5.82 Å². The van der Waals surface area contributed by atoms with Gasteiger partial charge in [0, 0.05) is 23.1 Å². The molecule has 1 aromatic heterocycles. The molecule has 0 aliphatic carbocycles. The number of nitrogens with one attached hydrogen (secondary N) is 1. The van der Waals surface area contributed by atoms with E-state index in [2.05, 4.69) is 61.1 Å². The van der Waals surface area contributed by atoms with Crippen LogP contribution in [0.1, 0.15) is 30.1 Å². The van der Waals surface area contributed by atoms with Crippen LogP contribution in [0.3, 0.4) is 0 Å². The molecule has 0 bridgehead atoms. The predicted molar refractivity (Wildman–Crippen MR) is 79.2 cm³/mol. The molecule has 1 aliphatic rings. The highest BCUT2D eigenvalue weighted by Gasteiger charge is 2.15. The fraction of sp³-hybridized carbons (Fsp3) is 0.429. The van der Waals surface area contributed by atoms with Crippen molar-refractivity contribution < 1.29 is 0 Å². The average Bonchev–Trinajstić information content (AvgIpc) is 2.81. The van der Waals surface area contributed by atoms with E-state index in [0.717, 1.165) is 34.8 Å². The van der Waals surface area contributed by atoms with Crippen LogP contribution < -0.4 is 5.32 Å². The van der Waals surface area contributed by atoms with E-state index in [1.165, 1.54) is 18.4 Å². The van der Waals surface area contributed by atoms with E-state index >= 15 is 0 Å². The zero-order chi connectivity index (χ0) is 13.2. The van der Waals surface area contributed by atoms with E-state index in [0.29, 0.717) is 6.54 Å². The quantitative estimate of drug-likeness (QED) is 0.943. The Balaban J connectivity index is 1.74. The molecule has 19 heavy (non-hydrogen) atoms. The number of hydrogen-bond acceptors (Lipinski definition) is 3. The molecule has 2 heterocycles. The summed E-state index contributed by atoms with van der Waals surface area (Å²) in [7, 11) is 0. The highest BCUT2D eigenvalue weighted by Crippen LogP contribution is 2.24. The highest BCUT2D eigenvalue weighted by atomic mass is 79.9. The summed E-state index contributed by atoms with van der Waals surface area (Å²) in [6.45, 7) is 3.85. The van der Waals surface area contributed by atoms with Crippen LogP contribution in [-0.2, 0) is 19.5 Å². The molecule has 0 saturated carbocycles. The van der Waals surface area contributed by atoms with Crippen molar-refractivity contribution in [1.29, 1.82) is 0 Å². The van der Waals surface area contributed by atoms with Crippen LogP contribution in [0.2, 0.25) is 0 Å². The van der Waals surface area contributed by atoms with Gasteiger partial charge in [-0.15, -0.1) is 10.2 Å². The summed E-state index contributed by atoms with van der Waals surface area (Å²) < 4.78 is 3.34. The number of aryl methyl sites for hydroxylation is 2. The Bertz CT molecular complexity index is 591. The molecule has 2 aromatic rings. The van der Waals surface area contributed by atoms with Crippen LogP contribution in [0, 0.1) is 6.92 Å². The molecule has 5 heteroatoms. The first-order valence-electron chi connectivity index (χ1n) is 6.65. The normalized spacial score (nSPS) is 14.2. The third-order valence-electron chi connectivity index (χ3n) is 3.50. The van der Waals surface area contributed by atoms with Gasteiger partial charge in [0.2, 0.25) is 0 Å². The van der Waals surface area contributed by atoms with Crippen LogP contribution in [0.4, 0.5) is 5.69 Å². The first-order chi connectivity index (χ1) is 9.24. The van der Waals surface area contributed by atoms with Crippen molar-refractivity contribution in [2.45, 2.75) is 39.3 Å². The van der Waals surface area contributed by atoms with Crippen LogP contribution >= 0.6 is 15.9 Å².